The van der Waals surface area contributed by atoms with Gasteiger partial charge in [-0.15, -0.1) is 0 Å². The summed E-state index contributed by atoms with van der Waals surface area (Å²) in [6.45, 7) is 5.40. The molecule has 0 unspecified atom stereocenters. The van der Waals surface area contributed by atoms with Gasteiger partial charge < -0.3 is 9.88 Å². The Bertz CT molecular complexity index is 1090. The smallest absolute Gasteiger partial charge is 0.223 e. The average molecular weight is 386 g/mol. The standard InChI is InChI=1S/C25H26N2O2/c1-17-6-8-20(9-7-17)23(28)10-11-24(29)27-14-12-19(13-15-27)22-16-26-25-18(2)4-3-5-21(22)25/h3-9,12,16,26H,10-11,13-15H2,1-2H3. The second kappa shape index (κ2) is 8.08. The Labute approximate surface area is 171 Å². The van der Waals surface area contributed by atoms with Gasteiger partial charge >= 0.3 is 0 Å². The van der Waals surface area contributed by atoms with Crippen molar-refractivity contribution in [1.29, 1.82) is 0 Å². The van der Waals surface area contributed by atoms with E-state index in [1.807, 2.05) is 36.1 Å². The highest BCUT2D eigenvalue weighted by atomic mass is 16.2. The van der Waals surface area contributed by atoms with Crippen LogP contribution in [0.4, 0.5) is 0 Å². The van der Waals surface area contributed by atoms with Crippen molar-refractivity contribution < 1.29 is 9.59 Å². The average Bonchev–Trinajstić information content (AvgIpc) is 3.18. The molecule has 4 heteroatoms. The van der Waals surface area contributed by atoms with Crippen molar-refractivity contribution in [3.63, 3.8) is 0 Å². The Morgan fingerprint density at radius 3 is 2.55 bits per heavy atom. The van der Waals surface area contributed by atoms with E-state index in [0.717, 1.165) is 12.0 Å². The minimum atomic E-state index is 0.0285. The molecule has 29 heavy (non-hydrogen) atoms. The summed E-state index contributed by atoms with van der Waals surface area (Å²) >= 11 is 0. The molecule has 0 spiro atoms. The summed E-state index contributed by atoms with van der Waals surface area (Å²) < 4.78 is 0. The normalized spacial score (nSPS) is 14.1. The summed E-state index contributed by atoms with van der Waals surface area (Å²) in [5, 5.41) is 1.24. The zero-order chi connectivity index (χ0) is 20.4. The minimum Gasteiger partial charge on any atom is -0.360 e. The summed E-state index contributed by atoms with van der Waals surface area (Å²) in [6, 6.07) is 13.9. The van der Waals surface area contributed by atoms with Gasteiger partial charge in [-0.25, -0.2) is 0 Å². The molecular formula is C25H26N2O2. The van der Waals surface area contributed by atoms with Crippen LogP contribution >= 0.6 is 0 Å². The van der Waals surface area contributed by atoms with Crippen LogP contribution in [0.3, 0.4) is 0 Å². The predicted octanol–water partition coefficient (Wildman–Crippen LogP) is 5.06. The molecule has 1 amide bonds. The molecule has 1 N–H and O–H groups in total. The molecule has 0 saturated heterocycles. The molecule has 2 aromatic carbocycles. The largest absolute Gasteiger partial charge is 0.360 e. The first kappa shape index (κ1) is 19.2. The molecule has 0 bridgehead atoms. The number of hydrogen-bond acceptors (Lipinski definition) is 2. The van der Waals surface area contributed by atoms with Gasteiger partial charge in [-0.2, -0.15) is 0 Å². The van der Waals surface area contributed by atoms with Gasteiger partial charge in [-0.05, 0) is 31.4 Å². The van der Waals surface area contributed by atoms with E-state index in [9.17, 15) is 9.59 Å². The number of rotatable bonds is 5. The lowest BCUT2D eigenvalue weighted by Crippen LogP contribution is -2.34. The van der Waals surface area contributed by atoms with Crippen LogP contribution in [-0.4, -0.2) is 34.7 Å². The van der Waals surface area contributed by atoms with Gasteiger partial charge in [-0.1, -0.05) is 54.1 Å². The maximum Gasteiger partial charge on any atom is 0.223 e. The van der Waals surface area contributed by atoms with Crippen LogP contribution in [0.25, 0.3) is 16.5 Å². The molecule has 0 fully saturated rings. The van der Waals surface area contributed by atoms with Crippen molar-refractivity contribution in [2.24, 2.45) is 0 Å². The Kier molecular flexibility index (Phi) is 5.34. The molecule has 1 aliphatic rings. The number of para-hydroxylation sites is 1. The second-order valence-electron chi connectivity index (χ2n) is 7.81. The molecule has 2 heterocycles. The van der Waals surface area contributed by atoms with Crippen LogP contribution < -0.4 is 0 Å². The number of nitrogens with zero attached hydrogens (tertiary/aromatic N) is 1. The Hall–Kier alpha value is -3.14. The highest BCUT2D eigenvalue weighted by molar-refractivity contribution is 5.98. The number of amides is 1. The van der Waals surface area contributed by atoms with E-state index in [1.54, 1.807) is 0 Å². The molecule has 4 nitrogen and oxygen atoms in total. The Morgan fingerprint density at radius 1 is 1.03 bits per heavy atom. The fourth-order valence-corrected chi connectivity index (χ4v) is 3.97. The third kappa shape index (κ3) is 4.02. The van der Waals surface area contributed by atoms with Crippen molar-refractivity contribution in [1.82, 2.24) is 9.88 Å². The number of aryl methyl sites for hydroxylation is 2. The van der Waals surface area contributed by atoms with E-state index in [-0.39, 0.29) is 24.5 Å². The van der Waals surface area contributed by atoms with Crippen LogP contribution in [0.5, 0.6) is 0 Å². The lowest BCUT2D eigenvalue weighted by atomic mass is 9.98. The summed E-state index contributed by atoms with van der Waals surface area (Å²) in [7, 11) is 0. The van der Waals surface area contributed by atoms with Crippen LogP contribution in [0.15, 0.2) is 54.7 Å². The number of carbonyl (C=O) groups is 2. The van der Waals surface area contributed by atoms with E-state index in [1.165, 1.54) is 27.6 Å². The number of aromatic nitrogens is 1. The third-order valence-electron chi connectivity index (χ3n) is 5.77. The SMILES string of the molecule is Cc1ccc(C(=O)CCC(=O)N2CC=C(c3c[nH]c4c(C)cccc34)CC2)cc1. The van der Waals surface area contributed by atoms with Crippen molar-refractivity contribution >= 4 is 28.2 Å². The number of aromatic amines is 1. The molecule has 0 aliphatic carbocycles. The van der Waals surface area contributed by atoms with Gasteiger partial charge in [-0.3, -0.25) is 9.59 Å². The molecular weight excluding hydrogens is 360 g/mol. The topological polar surface area (TPSA) is 53.2 Å². The molecule has 1 aromatic heterocycles. The number of benzene rings is 2. The zero-order valence-corrected chi connectivity index (χ0v) is 17.0. The van der Waals surface area contributed by atoms with E-state index in [4.69, 9.17) is 0 Å². The number of hydrogen-bond donors (Lipinski definition) is 1. The first-order chi connectivity index (χ1) is 14.0. The number of Topliss-reactive ketones (excluding diaryl/α,β-unsaturated/α-hetero) is 1. The third-order valence-corrected chi connectivity index (χ3v) is 5.77. The van der Waals surface area contributed by atoms with Crippen LogP contribution in [0.2, 0.25) is 0 Å². The highest BCUT2D eigenvalue weighted by Crippen LogP contribution is 2.30. The van der Waals surface area contributed by atoms with Crippen LogP contribution in [-0.2, 0) is 4.79 Å². The first-order valence-corrected chi connectivity index (χ1v) is 10.2. The summed E-state index contributed by atoms with van der Waals surface area (Å²) in [5.74, 6) is 0.0799. The zero-order valence-electron chi connectivity index (χ0n) is 17.0. The van der Waals surface area contributed by atoms with Crippen molar-refractivity contribution in [2.45, 2.75) is 33.1 Å². The summed E-state index contributed by atoms with van der Waals surface area (Å²) in [6.07, 6.45) is 5.58. The number of fused-ring (bicyclic) bond motifs is 1. The van der Waals surface area contributed by atoms with E-state index >= 15 is 0 Å². The van der Waals surface area contributed by atoms with Crippen molar-refractivity contribution in [3.05, 3.63) is 77.0 Å². The lowest BCUT2D eigenvalue weighted by Gasteiger charge is -2.26. The van der Waals surface area contributed by atoms with E-state index < -0.39 is 0 Å². The molecule has 148 valence electrons. The molecule has 0 atom stereocenters. The highest BCUT2D eigenvalue weighted by Gasteiger charge is 2.20. The Balaban J connectivity index is 1.37. The van der Waals surface area contributed by atoms with E-state index in [0.29, 0.717) is 18.7 Å². The lowest BCUT2D eigenvalue weighted by molar-refractivity contribution is -0.130. The molecule has 4 rings (SSSR count). The molecule has 0 saturated carbocycles. The van der Waals surface area contributed by atoms with Crippen LogP contribution in [0.1, 0.15) is 46.3 Å². The first-order valence-electron chi connectivity index (χ1n) is 10.2. The van der Waals surface area contributed by atoms with Gasteiger partial charge in [0.05, 0.1) is 0 Å². The maximum absolute atomic E-state index is 12.6. The van der Waals surface area contributed by atoms with Gasteiger partial charge in [0.2, 0.25) is 5.91 Å². The van der Waals surface area contributed by atoms with Gasteiger partial charge in [0.25, 0.3) is 0 Å². The molecule has 1 aliphatic heterocycles. The number of nitrogens with one attached hydrogen (secondary N) is 1. The fourth-order valence-electron chi connectivity index (χ4n) is 3.97. The molecule has 3 aromatic rings. The minimum absolute atomic E-state index is 0.0285. The summed E-state index contributed by atoms with van der Waals surface area (Å²) in [4.78, 5) is 30.1. The van der Waals surface area contributed by atoms with Gasteiger partial charge in [0.1, 0.15) is 0 Å². The summed E-state index contributed by atoms with van der Waals surface area (Å²) in [5.41, 5.74) is 6.72. The Morgan fingerprint density at radius 2 is 1.83 bits per heavy atom. The monoisotopic (exact) mass is 386 g/mol. The number of ketones is 1. The number of H-pyrrole nitrogens is 1. The quantitative estimate of drug-likeness (QED) is 0.623. The van der Waals surface area contributed by atoms with Gasteiger partial charge in [0.15, 0.2) is 5.78 Å². The van der Waals surface area contributed by atoms with Crippen molar-refractivity contribution in [2.75, 3.05) is 13.1 Å². The van der Waals surface area contributed by atoms with E-state index in [2.05, 4.69) is 42.4 Å². The van der Waals surface area contributed by atoms with Crippen LogP contribution in [0, 0.1) is 13.8 Å². The predicted molar refractivity (Wildman–Crippen MR) is 117 cm³/mol. The van der Waals surface area contributed by atoms with Gasteiger partial charge in [0, 0.05) is 54.2 Å². The molecule has 0 radical (unpaired) electrons. The number of carbonyl (C=O) groups excluding carboxylic acids is 2. The second-order valence-corrected chi connectivity index (χ2v) is 7.81. The maximum atomic E-state index is 12.6. The van der Waals surface area contributed by atoms with Crippen molar-refractivity contribution in [3.8, 4) is 0 Å². The fraction of sp³-hybridized carbons (Fsp3) is 0.280.